The van der Waals surface area contributed by atoms with E-state index in [0.717, 1.165) is 50.0 Å². The van der Waals surface area contributed by atoms with E-state index in [0.29, 0.717) is 0 Å². The molecule has 2 N–H and O–H groups in total. The molecular weight excluding hydrogens is 342 g/mol. The van der Waals surface area contributed by atoms with Gasteiger partial charge in [-0.2, -0.15) is 4.31 Å². The zero-order valence-electron chi connectivity index (χ0n) is 13.9. The number of piperidine rings is 1. The number of nitrogens with zero attached hydrogens (tertiary/aromatic N) is 2. The van der Waals surface area contributed by atoms with Gasteiger partial charge in [-0.1, -0.05) is 18.2 Å². The topological polar surface area (TPSA) is 90.0 Å². The molecule has 0 radical (unpaired) electrons. The Balaban J connectivity index is 1.69. The van der Waals surface area contributed by atoms with Crippen molar-refractivity contribution in [3.63, 3.8) is 0 Å². The summed E-state index contributed by atoms with van der Waals surface area (Å²) in [5.74, 6) is -0.576. The Kier molecular flexibility index (Phi) is 5.72. The van der Waals surface area contributed by atoms with Crippen molar-refractivity contribution in [2.45, 2.75) is 37.8 Å². The van der Waals surface area contributed by atoms with Crippen LogP contribution in [-0.2, 0) is 15.7 Å². The van der Waals surface area contributed by atoms with Gasteiger partial charge in [-0.25, -0.2) is 13.9 Å². The minimum Gasteiger partial charge on any atom is -0.371 e. The van der Waals surface area contributed by atoms with E-state index >= 15 is 0 Å². The molecule has 1 amide bonds. The first-order valence-corrected chi connectivity index (χ1v) is 9.62. The number of thiol groups is 1. The Morgan fingerprint density at radius 2 is 1.80 bits per heavy atom. The van der Waals surface area contributed by atoms with Gasteiger partial charge in [0, 0.05) is 36.9 Å². The Bertz CT molecular complexity index is 714. The lowest BCUT2D eigenvalue weighted by atomic mass is 10.0. The highest BCUT2D eigenvalue weighted by molar-refractivity contribution is 7.69. The Morgan fingerprint density at radius 1 is 1.16 bits per heavy atom. The molecule has 0 unspecified atom stereocenters. The normalized spacial score (nSPS) is 19.1. The second-order valence-corrected chi connectivity index (χ2v) is 7.37. The molecule has 1 aromatic carbocycles. The van der Waals surface area contributed by atoms with Crippen LogP contribution < -0.4 is 10.4 Å². The summed E-state index contributed by atoms with van der Waals surface area (Å²) < 4.78 is 24.8. The van der Waals surface area contributed by atoms with E-state index in [1.54, 1.807) is 15.9 Å². The Hall–Kier alpha value is -1.90. The highest BCUT2D eigenvalue weighted by atomic mass is 32.2. The lowest BCUT2D eigenvalue weighted by molar-refractivity contribution is -0.124. The number of carbonyl (C=O) groups is 1. The summed E-state index contributed by atoms with van der Waals surface area (Å²) in [6.45, 7) is 1.54. The monoisotopic (exact) mass is 365 g/mol. The number of hydrogen-bond acceptors (Lipinski definition) is 5. The molecule has 1 aliphatic carbocycles. The summed E-state index contributed by atoms with van der Waals surface area (Å²) in [6, 6.07) is 8.04. The predicted octanol–water partition coefficient (Wildman–Crippen LogP) is 1.16. The van der Waals surface area contributed by atoms with E-state index in [9.17, 15) is 13.2 Å². The van der Waals surface area contributed by atoms with Crippen LogP contribution in [0.4, 0.5) is 5.69 Å². The molecule has 0 bridgehead atoms. The molecule has 0 spiro atoms. The third kappa shape index (κ3) is 4.39. The number of nitrogens with one attached hydrogen (secondary N) is 1. The summed E-state index contributed by atoms with van der Waals surface area (Å²) in [5, 5.41) is 8.59. The number of anilines is 1. The fraction of sp³-hybridized carbons (Fsp3) is 0.471. The minimum atomic E-state index is -2.52. The van der Waals surface area contributed by atoms with Crippen LogP contribution in [0, 0.1) is 0 Å². The molecular formula is C17H23N3O4S. The van der Waals surface area contributed by atoms with Crippen molar-refractivity contribution in [3.8, 4) is 0 Å². The van der Waals surface area contributed by atoms with Crippen molar-refractivity contribution >= 4 is 28.6 Å². The highest BCUT2D eigenvalue weighted by Crippen LogP contribution is 2.33. The van der Waals surface area contributed by atoms with Gasteiger partial charge in [0.25, 0.3) is 5.91 Å². The Morgan fingerprint density at radius 3 is 2.40 bits per heavy atom. The van der Waals surface area contributed by atoms with Crippen LogP contribution in [0.5, 0.6) is 0 Å². The second-order valence-electron chi connectivity index (χ2n) is 6.44. The van der Waals surface area contributed by atoms with E-state index in [1.807, 2.05) is 24.3 Å². The summed E-state index contributed by atoms with van der Waals surface area (Å²) in [4.78, 5) is 13.4. The van der Waals surface area contributed by atoms with Gasteiger partial charge >= 0.3 is 0 Å². The smallest absolute Gasteiger partial charge is 0.267 e. The maximum Gasteiger partial charge on any atom is 0.267 e. The van der Waals surface area contributed by atoms with Gasteiger partial charge in [0.2, 0.25) is 10.9 Å². The lowest BCUT2D eigenvalue weighted by Crippen LogP contribution is -2.45. The van der Waals surface area contributed by atoms with Gasteiger partial charge in [-0.05, 0) is 43.4 Å². The van der Waals surface area contributed by atoms with Gasteiger partial charge in [0.05, 0.1) is 0 Å². The maximum atomic E-state index is 11.5. The molecule has 136 valence electrons. The SMILES string of the molecule is O=C(/C=C/c1ccccc1N1CCC(N(C2CC2)[SH](=O)=O)CC1)NO. The van der Waals surface area contributed by atoms with Gasteiger partial charge in [0.15, 0.2) is 0 Å². The van der Waals surface area contributed by atoms with E-state index in [2.05, 4.69) is 4.90 Å². The molecule has 2 fully saturated rings. The molecule has 1 aliphatic heterocycles. The number of rotatable bonds is 6. The summed E-state index contributed by atoms with van der Waals surface area (Å²) in [5.41, 5.74) is 3.47. The average molecular weight is 365 g/mol. The maximum absolute atomic E-state index is 11.5. The Labute approximate surface area is 149 Å². The van der Waals surface area contributed by atoms with Crippen LogP contribution in [0.25, 0.3) is 6.08 Å². The molecule has 0 aromatic heterocycles. The van der Waals surface area contributed by atoms with Crippen LogP contribution in [0.2, 0.25) is 0 Å². The highest BCUT2D eigenvalue weighted by Gasteiger charge is 2.37. The fourth-order valence-electron chi connectivity index (χ4n) is 3.39. The number of para-hydroxylation sites is 1. The predicted molar refractivity (Wildman–Crippen MR) is 95.8 cm³/mol. The standard InChI is InChI=1S/C17H23N3O4S/c21-17(18-22)8-5-13-3-1-2-4-16(13)19-11-9-15(10-12-19)20(25(23)24)14-6-7-14/h1-5,8,14-15,22,25H,6-7,9-12H2,(H,18,21)/b8-5+. The second kappa shape index (κ2) is 7.99. The van der Waals surface area contributed by atoms with Crippen molar-refractivity contribution in [3.05, 3.63) is 35.9 Å². The van der Waals surface area contributed by atoms with Gasteiger partial charge in [-0.3, -0.25) is 10.0 Å². The van der Waals surface area contributed by atoms with Crippen LogP contribution in [-0.4, -0.2) is 49.0 Å². The van der Waals surface area contributed by atoms with Crippen LogP contribution in [0.15, 0.2) is 30.3 Å². The lowest BCUT2D eigenvalue weighted by Gasteiger charge is -2.37. The minimum absolute atomic E-state index is 0.0905. The molecule has 8 heteroatoms. The first kappa shape index (κ1) is 17.9. The van der Waals surface area contributed by atoms with Crippen LogP contribution >= 0.6 is 0 Å². The number of benzene rings is 1. The zero-order valence-corrected chi connectivity index (χ0v) is 14.8. The first-order valence-electron chi connectivity index (χ1n) is 8.49. The summed E-state index contributed by atoms with van der Waals surface area (Å²) >= 11 is 0. The van der Waals surface area contributed by atoms with Gasteiger partial charge in [0.1, 0.15) is 0 Å². The van der Waals surface area contributed by atoms with E-state index < -0.39 is 16.8 Å². The first-order chi connectivity index (χ1) is 12.1. The largest absolute Gasteiger partial charge is 0.371 e. The molecule has 7 nitrogen and oxygen atoms in total. The molecule has 1 aromatic rings. The van der Waals surface area contributed by atoms with E-state index in [-0.39, 0.29) is 12.1 Å². The van der Waals surface area contributed by atoms with Crippen molar-refractivity contribution in [2.24, 2.45) is 0 Å². The van der Waals surface area contributed by atoms with Crippen molar-refractivity contribution in [1.82, 2.24) is 9.79 Å². The molecule has 2 aliphatic rings. The average Bonchev–Trinajstić information content (AvgIpc) is 3.45. The summed E-state index contributed by atoms with van der Waals surface area (Å²) in [6.07, 6.45) is 6.50. The van der Waals surface area contributed by atoms with Crippen LogP contribution in [0.1, 0.15) is 31.2 Å². The third-order valence-electron chi connectivity index (χ3n) is 4.75. The third-order valence-corrected chi connectivity index (χ3v) is 5.78. The molecule has 25 heavy (non-hydrogen) atoms. The molecule has 3 rings (SSSR count). The van der Waals surface area contributed by atoms with Crippen molar-refractivity contribution < 1.29 is 18.4 Å². The molecule has 1 saturated carbocycles. The number of amides is 1. The quantitative estimate of drug-likeness (QED) is 0.305. The molecule has 0 atom stereocenters. The van der Waals surface area contributed by atoms with Gasteiger partial charge in [-0.15, -0.1) is 0 Å². The molecule has 1 heterocycles. The van der Waals surface area contributed by atoms with Gasteiger partial charge < -0.3 is 4.90 Å². The van der Waals surface area contributed by atoms with Crippen LogP contribution in [0.3, 0.4) is 0 Å². The van der Waals surface area contributed by atoms with E-state index in [1.165, 1.54) is 6.08 Å². The number of hydrogen-bond donors (Lipinski definition) is 3. The fourth-order valence-corrected chi connectivity index (χ4v) is 4.39. The van der Waals surface area contributed by atoms with Crippen molar-refractivity contribution in [1.29, 1.82) is 0 Å². The number of carbonyl (C=O) groups excluding carboxylic acids is 1. The molecule has 1 saturated heterocycles. The number of hydroxylamine groups is 1. The van der Waals surface area contributed by atoms with E-state index in [4.69, 9.17) is 5.21 Å². The van der Waals surface area contributed by atoms with Crippen molar-refractivity contribution in [2.75, 3.05) is 18.0 Å². The zero-order chi connectivity index (χ0) is 17.8. The summed E-state index contributed by atoms with van der Waals surface area (Å²) in [7, 11) is -2.52.